The fourth-order valence-electron chi connectivity index (χ4n) is 1.77. The number of nitrogens with one attached hydrogen (secondary N) is 1. The van der Waals surface area contributed by atoms with Crippen LogP contribution in [0.1, 0.15) is 5.56 Å². The van der Waals surface area contributed by atoms with E-state index in [1.807, 2.05) is 18.2 Å². The van der Waals surface area contributed by atoms with Crippen molar-refractivity contribution in [2.24, 2.45) is 0 Å². The molecular formula is C15H13N3S. The van der Waals surface area contributed by atoms with E-state index in [0.29, 0.717) is 0 Å². The molecule has 3 aromatic rings. The molecule has 0 unspecified atom stereocenters. The Balaban J connectivity index is 1.91. The maximum Gasteiger partial charge on any atom is 0.128 e. The molecule has 2 heterocycles. The Morgan fingerprint density at radius 3 is 2.58 bits per heavy atom. The predicted octanol–water partition coefficient (Wildman–Crippen LogP) is 3.93. The first-order valence-electron chi connectivity index (χ1n) is 6.02. The number of aromatic amines is 1. The van der Waals surface area contributed by atoms with Crippen molar-refractivity contribution in [3.63, 3.8) is 0 Å². The molecular weight excluding hydrogens is 254 g/mol. The lowest BCUT2D eigenvalue weighted by molar-refractivity contribution is 1.18. The van der Waals surface area contributed by atoms with E-state index in [1.165, 1.54) is 10.5 Å². The Kier molecular flexibility index (Phi) is 3.33. The van der Waals surface area contributed by atoms with E-state index in [-0.39, 0.29) is 0 Å². The lowest BCUT2D eigenvalue weighted by atomic mass is 10.2. The third kappa shape index (κ3) is 2.69. The van der Waals surface area contributed by atoms with Gasteiger partial charge in [-0.05, 0) is 31.2 Å². The first-order chi connectivity index (χ1) is 9.33. The van der Waals surface area contributed by atoms with Crippen LogP contribution in [0.15, 0.2) is 64.9 Å². The van der Waals surface area contributed by atoms with E-state index >= 15 is 0 Å². The van der Waals surface area contributed by atoms with Gasteiger partial charge < -0.3 is 4.98 Å². The van der Waals surface area contributed by atoms with Gasteiger partial charge in [-0.3, -0.25) is 4.98 Å². The van der Waals surface area contributed by atoms with Gasteiger partial charge in [0.15, 0.2) is 0 Å². The van der Waals surface area contributed by atoms with E-state index in [9.17, 15) is 0 Å². The number of pyridine rings is 1. The molecule has 0 aliphatic heterocycles. The highest BCUT2D eigenvalue weighted by Crippen LogP contribution is 2.32. The number of hydrogen-bond donors (Lipinski definition) is 1. The van der Waals surface area contributed by atoms with Crippen molar-refractivity contribution in [2.45, 2.75) is 16.8 Å². The van der Waals surface area contributed by atoms with Crippen LogP contribution in [0.2, 0.25) is 0 Å². The maximum absolute atomic E-state index is 4.38. The van der Waals surface area contributed by atoms with Crippen LogP contribution >= 0.6 is 11.8 Å². The number of H-pyrrole nitrogens is 1. The molecule has 1 aromatic carbocycles. The van der Waals surface area contributed by atoms with Gasteiger partial charge in [-0.1, -0.05) is 35.5 Å². The van der Waals surface area contributed by atoms with Crippen molar-refractivity contribution < 1.29 is 0 Å². The quantitative estimate of drug-likeness (QED) is 0.781. The second-order valence-corrected chi connectivity index (χ2v) is 5.28. The van der Waals surface area contributed by atoms with Gasteiger partial charge in [0, 0.05) is 11.1 Å². The Bertz CT molecular complexity index is 659. The smallest absolute Gasteiger partial charge is 0.128 e. The monoisotopic (exact) mass is 267 g/mol. The highest BCUT2D eigenvalue weighted by atomic mass is 32.2. The molecule has 3 rings (SSSR count). The summed E-state index contributed by atoms with van der Waals surface area (Å²) in [7, 11) is 0. The van der Waals surface area contributed by atoms with Crippen molar-refractivity contribution >= 4 is 11.8 Å². The molecule has 19 heavy (non-hydrogen) atoms. The molecule has 0 aliphatic rings. The zero-order chi connectivity index (χ0) is 13.1. The Labute approximate surface area is 116 Å². The number of imidazole rings is 1. The lowest BCUT2D eigenvalue weighted by Gasteiger charge is -2.02. The second-order valence-electron chi connectivity index (χ2n) is 4.21. The van der Waals surface area contributed by atoms with Crippen LogP contribution in [0.25, 0.3) is 11.4 Å². The largest absolute Gasteiger partial charge is 0.342 e. The van der Waals surface area contributed by atoms with Gasteiger partial charge in [0.25, 0.3) is 0 Å². The minimum absolute atomic E-state index is 0.912. The van der Waals surface area contributed by atoms with Gasteiger partial charge in [0.1, 0.15) is 5.03 Å². The zero-order valence-corrected chi connectivity index (χ0v) is 11.3. The Morgan fingerprint density at radius 1 is 1.00 bits per heavy atom. The SMILES string of the molecule is Cc1ccc(Sc2nc[nH]c2-c2ccccn2)cc1. The third-order valence-corrected chi connectivity index (χ3v) is 3.77. The van der Waals surface area contributed by atoms with Crippen LogP contribution in [-0.4, -0.2) is 15.0 Å². The molecule has 3 nitrogen and oxygen atoms in total. The number of nitrogens with zero attached hydrogens (tertiary/aromatic N) is 2. The minimum atomic E-state index is 0.912. The number of aromatic nitrogens is 3. The van der Waals surface area contributed by atoms with E-state index in [1.54, 1.807) is 24.3 Å². The maximum atomic E-state index is 4.38. The van der Waals surface area contributed by atoms with Crippen LogP contribution in [0.3, 0.4) is 0 Å². The van der Waals surface area contributed by atoms with Gasteiger partial charge in [0.05, 0.1) is 17.7 Å². The molecule has 0 radical (unpaired) electrons. The Morgan fingerprint density at radius 2 is 1.84 bits per heavy atom. The molecule has 94 valence electrons. The van der Waals surface area contributed by atoms with Crippen molar-refractivity contribution in [3.05, 3.63) is 60.6 Å². The van der Waals surface area contributed by atoms with Crippen LogP contribution in [0.4, 0.5) is 0 Å². The number of rotatable bonds is 3. The molecule has 2 aromatic heterocycles. The molecule has 0 saturated carbocycles. The van der Waals surface area contributed by atoms with E-state index in [2.05, 4.69) is 46.1 Å². The summed E-state index contributed by atoms with van der Waals surface area (Å²) in [6, 6.07) is 14.3. The molecule has 0 fully saturated rings. The van der Waals surface area contributed by atoms with Crippen molar-refractivity contribution in [1.82, 2.24) is 15.0 Å². The minimum Gasteiger partial charge on any atom is -0.342 e. The van der Waals surface area contributed by atoms with E-state index in [4.69, 9.17) is 0 Å². The molecule has 0 atom stereocenters. The van der Waals surface area contributed by atoms with E-state index in [0.717, 1.165) is 16.4 Å². The first kappa shape index (κ1) is 12.0. The van der Waals surface area contributed by atoms with Gasteiger partial charge in [-0.15, -0.1) is 0 Å². The normalized spacial score (nSPS) is 10.6. The van der Waals surface area contributed by atoms with Crippen LogP contribution < -0.4 is 0 Å². The number of benzene rings is 1. The standard InChI is InChI=1S/C15H13N3S/c1-11-5-7-12(8-6-11)19-15-14(17-10-18-15)13-4-2-3-9-16-13/h2-10H,1H3,(H,17,18). The summed E-state index contributed by atoms with van der Waals surface area (Å²) in [5, 5.41) is 0.947. The first-order valence-corrected chi connectivity index (χ1v) is 6.84. The molecule has 1 N–H and O–H groups in total. The van der Waals surface area contributed by atoms with Gasteiger partial charge in [-0.2, -0.15) is 0 Å². The van der Waals surface area contributed by atoms with Crippen molar-refractivity contribution in [1.29, 1.82) is 0 Å². The summed E-state index contributed by atoms with van der Waals surface area (Å²) in [4.78, 5) is 13.1. The van der Waals surface area contributed by atoms with Crippen LogP contribution in [0, 0.1) is 6.92 Å². The third-order valence-electron chi connectivity index (χ3n) is 2.76. The van der Waals surface area contributed by atoms with Gasteiger partial charge >= 0.3 is 0 Å². The molecule has 0 bridgehead atoms. The Hall–Kier alpha value is -2.07. The summed E-state index contributed by atoms with van der Waals surface area (Å²) >= 11 is 1.64. The van der Waals surface area contributed by atoms with Crippen LogP contribution in [-0.2, 0) is 0 Å². The highest BCUT2D eigenvalue weighted by molar-refractivity contribution is 7.99. The van der Waals surface area contributed by atoms with Crippen molar-refractivity contribution in [3.8, 4) is 11.4 Å². The fraction of sp³-hybridized carbons (Fsp3) is 0.0667. The number of hydrogen-bond acceptors (Lipinski definition) is 3. The lowest BCUT2D eigenvalue weighted by Crippen LogP contribution is -1.84. The topological polar surface area (TPSA) is 41.6 Å². The van der Waals surface area contributed by atoms with Gasteiger partial charge in [0.2, 0.25) is 0 Å². The predicted molar refractivity (Wildman–Crippen MR) is 77.1 cm³/mol. The summed E-state index contributed by atoms with van der Waals surface area (Å²) in [5.41, 5.74) is 3.14. The highest BCUT2D eigenvalue weighted by Gasteiger charge is 2.10. The summed E-state index contributed by atoms with van der Waals surface area (Å²) in [6.45, 7) is 2.09. The second kappa shape index (κ2) is 5.28. The average molecular weight is 267 g/mol. The summed E-state index contributed by atoms with van der Waals surface area (Å²) in [6.07, 6.45) is 3.50. The average Bonchev–Trinajstić information content (AvgIpc) is 2.90. The molecule has 0 spiro atoms. The van der Waals surface area contributed by atoms with Crippen molar-refractivity contribution in [2.75, 3.05) is 0 Å². The van der Waals surface area contributed by atoms with Gasteiger partial charge in [-0.25, -0.2) is 4.98 Å². The fourth-order valence-corrected chi connectivity index (χ4v) is 2.64. The number of aryl methyl sites for hydroxylation is 1. The molecule has 0 saturated heterocycles. The summed E-state index contributed by atoms with van der Waals surface area (Å²) in [5.74, 6) is 0. The summed E-state index contributed by atoms with van der Waals surface area (Å²) < 4.78 is 0. The molecule has 0 amide bonds. The van der Waals surface area contributed by atoms with E-state index < -0.39 is 0 Å². The zero-order valence-electron chi connectivity index (χ0n) is 10.5. The molecule has 0 aliphatic carbocycles. The molecule has 4 heteroatoms. The van der Waals surface area contributed by atoms with Crippen LogP contribution in [0.5, 0.6) is 0 Å².